The number of para-hydroxylation sites is 1. The third kappa shape index (κ3) is 2.39. The summed E-state index contributed by atoms with van der Waals surface area (Å²) >= 11 is 0. The molecule has 27 heavy (non-hydrogen) atoms. The smallest absolute Gasteiger partial charge is 0.432 e. The molecule has 2 atom stereocenters. The topological polar surface area (TPSA) is 85.4 Å². The lowest BCUT2D eigenvalue weighted by Crippen LogP contribution is -2.74. The van der Waals surface area contributed by atoms with Crippen LogP contribution in [0.2, 0.25) is 0 Å². The van der Waals surface area contributed by atoms with E-state index in [1.165, 1.54) is 5.01 Å². The summed E-state index contributed by atoms with van der Waals surface area (Å²) in [5.41, 5.74) is -0.626. The highest BCUT2D eigenvalue weighted by atomic mass is 16.6. The quantitative estimate of drug-likeness (QED) is 0.794. The van der Waals surface area contributed by atoms with Crippen LogP contribution in [0.3, 0.4) is 0 Å². The number of hydrogen-bond acceptors (Lipinski definition) is 6. The Morgan fingerprint density at radius 3 is 2.63 bits per heavy atom. The minimum absolute atomic E-state index is 0.121. The van der Waals surface area contributed by atoms with Gasteiger partial charge in [0.15, 0.2) is 5.78 Å². The van der Waals surface area contributed by atoms with Gasteiger partial charge in [-0.2, -0.15) is 5.01 Å². The average Bonchev–Trinajstić information content (AvgIpc) is 2.67. The van der Waals surface area contributed by atoms with E-state index in [0.717, 1.165) is 5.01 Å². The second-order valence-electron chi connectivity index (χ2n) is 6.45. The van der Waals surface area contributed by atoms with Gasteiger partial charge in [0.25, 0.3) is 0 Å². The molecule has 0 radical (unpaired) electrons. The maximum absolute atomic E-state index is 13.1. The molecule has 0 saturated carbocycles. The van der Waals surface area contributed by atoms with Crippen molar-refractivity contribution in [1.82, 2.24) is 10.0 Å². The van der Waals surface area contributed by atoms with E-state index in [-0.39, 0.29) is 19.0 Å². The van der Waals surface area contributed by atoms with Crippen molar-refractivity contribution in [3.63, 3.8) is 0 Å². The van der Waals surface area contributed by atoms with Gasteiger partial charge in [-0.1, -0.05) is 12.1 Å². The number of ketones is 1. The summed E-state index contributed by atoms with van der Waals surface area (Å²) < 4.78 is 16.5. The van der Waals surface area contributed by atoms with Gasteiger partial charge in [0, 0.05) is 6.42 Å². The third-order valence-electron chi connectivity index (χ3n) is 4.98. The van der Waals surface area contributed by atoms with Crippen molar-refractivity contribution in [2.75, 3.05) is 13.2 Å². The zero-order valence-corrected chi connectivity index (χ0v) is 15.1. The lowest BCUT2D eigenvalue weighted by atomic mass is 9.78. The SMILES string of the molecule is CCOC(=O)N1C2C=C3C(=O)c4ccccc4OC3(CC2)N1C(=O)OCC. The molecule has 5 rings (SSSR count). The minimum Gasteiger partial charge on any atom is -0.461 e. The van der Waals surface area contributed by atoms with E-state index in [1.54, 1.807) is 44.2 Å². The van der Waals surface area contributed by atoms with Crippen LogP contribution < -0.4 is 4.74 Å². The van der Waals surface area contributed by atoms with Crippen molar-refractivity contribution in [2.45, 2.75) is 38.5 Å². The Balaban J connectivity index is 1.86. The fourth-order valence-electron chi connectivity index (χ4n) is 3.92. The number of nitrogens with zero attached hydrogens (tertiary/aromatic N) is 2. The summed E-state index contributed by atoms with van der Waals surface area (Å²) in [6, 6.07) is 6.39. The number of fused-ring (bicyclic) bond motifs is 3. The number of ether oxygens (including phenoxy) is 3. The fourth-order valence-corrected chi connectivity index (χ4v) is 3.92. The molecule has 0 aromatic heterocycles. The molecular formula is C19H20N2O6. The van der Waals surface area contributed by atoms with Gasteiger partial charge < -0.3 is 14.2 Å². The van der Waals surface area contributed by atoms with Crippen LogP contribution >= 0.6 is 0 Å². The molecule has 4 aliphatic rings. The Bertz CT molecular complexity index is 850. The van der Waals surface area contributed by atoms with Crippen molar-refractivity contribution in [2.24, 2.45) is 0 Å². The second-order valence-corrected chi connectivity index (χ2v) is 6.45. The first kappa shape index (κ1) is 17.4. The predicted octanol–water partition coefficient (Wildman–Crippen LogP) is 2.89. The first-order valence-corrected chi connectivity index (χ1v) is 9.01. The standard InChI is InChI=1S/C19H20N2O6/c1-3-25-17(23)20-12-9-10-19(21(20)18(24)26-4-2)14(11-12)16(22)13-7-5-6-8-15(13)27-19/h5-8,11-12H,3-4,9-10H2,1-2H3. The molecule has 0 N–H and O–H groups in total. The van der Waals surface area contributed by atoms with Gasteiger partial charge in [-0.05, 0) is 38.5 Å². The van der Waals surface area contributed by atoms with Crippen molar-refractivity contribution in [3.05, 3.63) is 41.5 Å². The molecule has 8 nitrogen and oxygen atoms in total. The summed E-state index contributed by atoms with van der Waals surface area (Å²) in [5.74, 6) is 0.164. The van der Waals surface area contributed by atoms with Crippen LogP contribution in [0.5, 0.6) is 5.75 Å². The van der Waals surface area contributed by atoms with E-state index in [0.29, 0.717) is 29.7 Å². The molecule has 2 amide bonds. The van der Waals surface area contributed by atoms with Crippen LogP contribution in [-0.2, 0) is 9.47 Å². The highest BCUT2D eigenvalue weighted by molar-refractivity contribution is 6.13. The predicted molar refractivity (Wildman–Crippen MR) is 93.0 cm³/mol. The first-order chi connectivity index (χ1) is 13.0. The lowest BCUT2D eigenvalue weighted by Gasteiger charge is -2.57. The van der Waals surface area contributed by atoms with Crippen LogP contribution in [0.1, 0.15) is 37.0 Å². The van der Waals surface area contributed by atoms with Crippen molar-refractivity contribution in [1.29, 1.82) is 0 Å². The fraction of sp³-hybridized carbons (Fsp3) is 0.421. The van der Waals surface area contributed by atoms with E-state index in [9.17, 15) is 14.4 Å². The molecule has 1 aromatic rings. The number of carbonyl (C=O) groups is 3. The average molecular weight is 372 g/mol. The maximum atomic E-state index is 13.1. The van der Waals surface area contributed by atoms with E-state index >= 15 is 0 Å². The number of hydrazine groups is 1. The molecule has 3 heterocycles. The first-order valence-electron chi connectivity index (χ1n) is 9.01. The largest absolute Gasteiger partial charge is 0.461 e. The van der Waals surface area contributed by atoms with Gasteiger partial charge in [-0.25, -0.2) is 14.6 Å². The Labute approximate surface area is 156 Å². The van der Waals surface area contributed by atoms with Gasteiger partial charge in [-0.3, -0.25) is 4.79 Å². The molecule has 1 aromatic carbocycles. The zero-order chi connectivity index (χ0) is 19.2. The monoisotopic (exact) mass is 372 g/mol. The highest BCUT2D eigenvalue weighted by Crippen LogP contribution is 2.49. The van der Waals surface area contributed by atoms with Gasteiger partial charge in [0.05, 0.1) is 30.4 Å². The Morgan fingerprint density at radius 2 is 1.89 bits per heavy atom. The normalized spacial score (nSPS) is 25.2. The number of rotatable bonds is 2. The Kier molecular flexibility index (Phi) is 4.05. The van der Waals surface area contributed by atoms with Crippen molar-refractivity contribution < 1.29 is 28.6 Å². The molecule has 1 fully saturated rings. The van der Waals surface area contributed by atoms with E-state index in [1.807, 2.05) is 0 Å². The van der Waals surface area contributed by atoms with Crippen LogP contribution in [0.25, 0.3) is 0 Å². The molecule has 3 aliphatic heterocycles. The number of Topliss-reactive ketones (excluding diaryl/α,β-unsaturated/α-hetero) is 1. The summed E-state index contributed by atoms with van der Waals surface area (Å²) in [4.78, 5) is 38.5. The van der Waals surface area contributed by atoms with Crippen LogP contribution in [0.4, 0.5) is 9.59 Å². The van der Waals surface area contributed by atoms with Crippen molar-refractivity contribution in [3.8, 4) is 5.75 Å². The summed E-state index contributed by atoms with van der Waals surface area (Å²) in [6.45, 7) is 3.64. The van der Waals surface area contributed by atoms with Crippen LogP contribution in [-0.4, -0.2) is 53.0 Å². The van der Waals surface area contributed by atoms with E-state index in [4.69, 9.17) is 14.2 Å². The molecule has 2 bridgehead atoms. The van der Waals surface area contributed by atoms with Gasteiger partial charge in [0.1, 0.15) is 5.75 Å². The van der Waals surface area contributed by atoms with Crippen LogP contribution in [0.15, 0.2) is 35.9 Å². The van der Waals surface area contributed by atoms with Gasteiger partial charge in [0.2, 0.25) is 5.72 Å². The highest BCUT2D eigenvalue weighted by Gasteiger charge is 2.62. The summed E-state index contributed by atoms with van der Waals surface area (Å²) in [7, 11) is 0. The number of carbonyl (C=O) groups excluding carboxylic acids is 3. The molecule has 2 unspecified atom stereocenters. The van der Waals surface area contributed by atoms with E-state index in [2.05, 4.69) is 0 Å². The summed E-state index contributed by atoms with van der Waals surface area (Å²) in [6.07, 6.45) is 1.17. The van der Waals surface area contributed by atoms with Crippen LogP contribution in [0, 0.1) is 0 Å². The number of benzene rings is 1. The van der Waals surface area contributed by atoms with E-state index < -0.39 is 24.0 Å². The lowest BCUT2D eigenvalue weighted by molar-refractivity contribution is -0.192. The molecule has 8 heteroatoms. The maximum Gasteiger partial charge on any atom is 0.432 e. The molecule has 1 saturated heterocycles. The number of hydrogen-bond donors (Lipinski definition) is 0. The second kappa shape index (κ2) is 6.29. The Morgan fingerprint density at radius 1 is 1.19 bits per heavy atom. The minimum atomic E-state index is -1.42. The van der Waals surface area contributed by atoms with Gasteiger partial charge in [-0.15, -0.1) is 0 Å². The summed E-state index contributed by atoms with van der Waals surface area (Å²) in [5, 5.41) is 2.32. The molecule has 142 valence electrons. The molecule has 1 aliphatic carbocycles. The zero-order valence-electron chi connectivity index (χ0n) is 15.1. The number of amides is 2. The Hall–Kier alpha value is -3.03. The van der Waals surface area contributed by atoms with Crippen molar-refractivity contribution >= 4 is 18.0 Å². The third-order valence-corrected chi connectivity index (χ3v) is 4.98. The molecule has 1 spiro atoms. The molecular weight excluding hydrogens is 352 g/mol. The van der Waals surface area contributed by atoms with Gasteiger partial charge >= 0.3 is 12.2 Å².